The number of hydrogen-bond acceptors (Lipinski definition) is 5. The molecule has 2 rings (SSSR count). The van der Waals surface area contributed by atoms with Crippen LogP contribution in [0.1, 0.15) is 25.3 Å². The molecular weight excluding hydrogens is 204 g/mol. The number of pyridine rings is 1. The Labute approximate surface area is 93.9 Å². The van der Waals surface area contributed by atoms with E-state index in [4.69, 9.17) is 4.42 Å². The maximum atomic E-state index is 5.60. The molecule has 2 aromatic rings. The van der Waals surface area contributed by atoms with Crippen LogP contribution in [0, 0.1) is 0 Å². The molecule has 0 aliphatic rings. The summed E-state index contributed by atoms with van der Waals surface area (Å²) < 4.78 is 5.60. The highest BCUT2D eigenvalue weighted by Gasteiger charge is 2.15. The molecule has 0 spiro atoms. The minimum absolute atomic E-state index is 0.114. The summed E-state index contributed by atoms with van der Waals surface area (Å²) in [4.78, 5) is 3.94. The highest BCUT2D eigenvalue weighted by atomic mass is 16.4. The Hall–Kier alpha value is -1.75. The van der Waals surface area contributed by atoms with Gasteiger partial charge in [-0.3, -0.25) is 4.98 Å². The zero-order valence-corrected chi connectivity index (χ0v) is 9.34. The van der Waals surface area contributed by atoms with E-state index in [0.717, 1.165) is 12.0 Å². The molecule has 1 N–H and O–H groups in total. The zero-order valence-electron chi connectivity index (χ0n) is 9.34. The molecule has 0 radical (unpaired) electrons. The summed E-state index contributed by atoms with van der Waals surface area (Å²) in [7, 11) is 1.88. The van der Waals surface area contributed by atoms with Crippen LogP contribution in [0.25, 0.3) is 11.5 Å². The average molecular weight is 218 g/mol. The first-order valence-electron chi connectivity index (χ1n) is 5.26. The third kappa shape index (κ3) is 2.09. The largest absolute Gasteiger partial charge is 0.419 e. The molecule has 2 heterocycles. The van der Waals surface area contributed by atoms with Gasteiger partial charge in [0.05, 0.1) is 6.04 Å². The van der Waals surface area contributed by atoms with Crippen molar-refractivity contribution in [1.29, 1.82) is 0 Å². The number of aromatic nitrogens is 3. The second-order valence-corrected chi connectivity index (χ2v) is 3.43. The lowest BCUT2D eigenvalue weighted by Crippen LogP contribution is -2.15. The summed E-state index contributed by atoms with van der Waals surface area (Å²) in [5.74, 6) is 1.16. The van der Waals surface area contributed by atoms with Gasteiger partial charge in [-0.1, -0.05) is 6.92 Å². The summed E-state index contributed by atoms with van der Waals surface area (Å²) in [6.07, 6.45) is 4.32. The van der Waals surface area contributed by atoms with Crippen LogP contribution in [0.3, 0.4) is 0 Å². The average Bonchev–Trinajstić information content (AvgIpc) is 2.81. The van der Waals surface area contributed by atoms with Crippen molar-refractivity contribution in [2.75, 3.05) is 7.05 Å². The molecule has 16 heavy (non-hydrogen) atoms. The Balaban J connectivity index is 2.26. The monoisotopic (exact) mass is 218 g/mol. The summed E-state index contributed by atoms with van der Waals surface area (Å²) >= 11 is 0. The highest BCUT2D eigenvalue weighted by Crippen LogP contribution is 2.20. The lowest BCUT2D eigenvalue weighted by atomic mass is 10.2. The maximum Gasteiger partial charge on any atom is 0.247 e. The molecule has 0 saturated heterocycles. The Morgan fingerprint density at radius 2 is 2.06 bits per heavy atom. The molecule has 5 nitrogen and oxygen atoms in total. The molecule has 2 aromatic heterocycles. The van der Waals surface area contributed by atoms with Crippen LogP contribution >= 0.6 is 0 Å². The van der Waals surface area contributed by atoms with E-state index in [1.165, 1.54) is 0 Å². The van der Waals surface area contributed by atoms with Crippen LogP contribution in [0.4, 0.5) is 0 Å². The van der Waals surface area contributed by atoms with E-state index in [9.17, 15) is 0 Å². The topological polar surface area (TPSA) is 63.8 Å². The SMILES string of the molecule is CCC(NC)c1nnc(-c2ccncc2)o1. The van der Waals surface area contributed by atoms with E-state index in [0.29, 0.717) is 11.8 Å². The lowest BCUT2D eigenvalue weighted by Gasteiger charge is -2.06. The predicted molar refractivity (Wildman–Crippen MR) is 59.6 cm³/mol. The fourth-order valence-electron chi connectivity index (χ4n) is 1.49. The van der Waals surface area contributed by atoms with Crippen LogP contribution in [-0.2, 0) is 0 Å². The third-order valence-electron chi connectivity index (χ3n) is 2.42. The van der Waals surface area contributed by atoms with Gasteiger partial charge in [-0.25, -0.2) is 0 Å². The van der Waals surface area contributed by atoms with E-state index < -0.39 is 0 Å². The van der Waals surface area contributed by atoms with Gasteiger partial charge in [-0.05, 0) is 25.6 Å². The van der Waals surface area contributed by atoms with E-state index >= 15 is 0 Å². The van der Waals surface area contributed by atoms with Crippen LogP contribution < -0.4 is 5.32 Å². The standard InChI is InChI=1S/C11H14N4O/c1-3-9(12-2)11-15-14-10(16-11)8-4-6-13-7-5-8/h4-7,9,12H,3H2,1-2H3. The van der Waals surface area contributed by atoms with Gasteiger partial charge in [0, 0.05) is 18.0 Å². The first kappa shape index (κ1) is 10.8. The number of hydrogen-bond donors (Lipinski definition) is 1. The fraction of sp³-hybridized carbons (Fsp3) is 0.364. The molecule has 1 unspecified atom stereocenters. The second-order valence-electron chi connectivity index (χ2n) is 3.43. The van der Waals surface area contributed by atoms with Gasteiger partial charge in [0.15, 0.2) is 0 Å². The Kier molecular flexibility index (Phi) is 3.26. The van der Waals surface area contributed by atoms with E-state index in [1.807, 2.05) is 19.2 Å². The summed E-state index contributed by atoms with van der Waals surface area (Å²) in [5, 5.41) is 11.2. The Morgan fingerprint density at radius 3 is 2.69 bits per heavy atom. The molecule has 0 aromatic carbocycles. The first-order valence-corrected chi connectivity index (χ1v) is 5.26. The van der Waals surface area contributed by atoms with Crippen LogP contribution in [0.5, 0.6) is 0 Å². The molecular formula is C11H14N4O. The van der Waals surface area contributed by atoms with E-state index in [-0.39, 0.29) is 6.04 Å². The van der Waals surface area contributed by atoms with Crippen molar-refractivity contribution in [1.82, 2.24) is 20.5 Å². The molecule has 0 bridgehead atoms. The van der Waals surface area contributed by atoms with Crippen molar-refractivity contribution in [2.24, 2.45) is 0 Å². The van der Waals surface area contributed by atoms with Crippen molar-refractivity contribution < 1.29 is 4.42 Å². The predicted octanol–water partition coefficient (Wildman–Crippen LogP) is 1.80. The molecule has 0 amide bonds. The minimum atomic E-state index is 0.114. The second kappa shape index (κ2) is 4.85. The molecule has 0 aliphatic carbocycles. The van der Waals surface area contributed by atoms with E-state index in [1.54, 1.807) is 12.4 Å². The van der Waals surface area contributed by atoms with Gasteiger partial charge in [-0.2, -0.15) is 0 Å². The Morgan fingerprint density at radius 1 is 1.31 bits per heavy atom. The fourth-order valence-corrected chi connectivity index (χ4v) is 1.49. The molecule has 5 heteroatoms. The minimum Gasteiger partial charge on any atom is -0.419 e. The van der Waals surface area contributed by atoms with Crippen LogP contribution in [0.15, 0.2) is 28.9 Å². The molecule has 84 valence electrons. The van der Waals surface area contributed by atoms with Gasteiger partial charge in [0.25, 0.3) is 0 Å². The molecule has 0 saturated carbocycles. The number of nitrogens with one attached hydrogen (secondary N) is 1. The molecule has 0 fully saturated rings. The van der Waals surface area contributed by atoms with Crippen LogP contribution in [0.2, 0.25) is 0 Å². The van der Waals surface area contributed by atoms with Crippen molar-refractivity contribution >= 4 is 0 Å². The highest BCUT2D eigenvalue weighted by molar-refractivity contribution is 5.50. The maximum absolute atomic E-state index is 5.60. The van der Waals surface area contributed by atoms with Gasteiger partial charge in [-0.15, -0.1) is 10.2 Å². The van der Waals surface area contributed by atoms with Gasteiger partial charge in [0.2, 0.25) is 11.8 Å². The summed E-state index contributed by atoms with van der Waals surface area (Å²) in [5.41, 5.74) is 0.889. The number of nitrogens with zero attached hydrogens (tertiary/aromatic N) is 3. The summed E-state index contributed by atoms with van der Waals surface area (Å²) in [6, 6.07) is 3.80. The van der Waals surface area contributed by atoms with E-state index in [2.05, 4.69) is 27.4 Å². The first-order chi connectivity index (χ1) is 7.85. The Bertz CT molecular complexity index is 436. The van der Waals surface area contributed by atoms with Gasteiger partial charge < -0.3 is 9.73 Å². The summed E-state index contributed by atoms with van der Waals surface area (Å²) in [6.45, 7) is 2.07. The van der Waals surface area contributed by atoms with Gasteiger partial charge in [0.1, 0.15) is 0 Å². The van der Waals surface area contributed by atoms with Crippen LogP contribution in [-0.4, -0.2) is 22.2 Å². The van der Waals surface area contributed by atoms with Crippen molar-refractivity contribution in [3.8, 4) is 11.5 Å². The molecule has 1 atom stereocenters. The van der Waals surface area contributed by atoms with Crippen molar-refractivity contribution in [3.05, 3.63) is 30.4 Å². The van der Waals surface area contributed by atoms with Gasteiger partial charge >= 0.3 is 0 Å². The normalized spacial score (nSPS) is 12.6. The zero-order chi connectivity index (χ0) is 11.4. The smallest absolute Gasteiger partial charge is 0.247 e. The van der Waals surface area contributed by atoms with Crippen molar-refractivity contribution in [2.45, 2.75) is 19.4 Å². The van der Waals surface area contributed by atoms with Crippen molar-refractivity contribution in [3.63, 3.8) is 0 Å². The number of rotatable bonds is 4. The quantitative estimate of drug-likeness (QED) is 0.847. The molecule has 0 aliphatic heterocycles. The lowest BCUT2D eigenvalue weighted by molar-refractivity contribution is 0.415. The third-order valence-corrected chi connectivity index (χ3v) is 2.42.